The molecule has 0 unspecified atom stereocenters. The first kappa shape index (κ1) is 13.1. The maximum Gasteiger partial charge on any atom is 0.217 e. The van der Waals surface area contributed by atoms with Crippen LogP contribution in [0.1, 0.15) is 18.1 Å². The SMILES string of the molecule is CC(=O)NCc1ccc(OCc2ccccc2)cc1. The number of benzene rings is 2. The molecule has 0 atom stereocenters. The van der Waals surface area contributed by atoms with E-state index in [0.717, 1.165) is 16.9 Å². The number of hydrogen-bond acceptors (Lipinski definition) is 2. The van der Waals surface area contributed by atoms with Gasteiger partial charge >= 0.3 is 0 Å². The molecule has 19 heavy (non-hydrogen) atoms. The smallest absolute Gasteiger partial charge is 0.217 e. The van der Waals surface area contributed by atoms with E-state index < -0.39 is 0 Å². The van der Waals surface area contributed by atoms with E-state index in [9.17, 15) is 4.79 Å². The van der Waals surface area contributed by atoms with Crippen LogP contribution in [0.2, 0.25) is 0 Å². The highest BCUT2D eigenvalue weighted by atomic mass is 16.5. The predicted molar refractivity (Wildman–Crippen MR) is 74.7 cm³/mol. The first-order valence-corrected chi connectivity index (χ1v) is 6.24. The number of carbonyl (C=O) groups is 1. The molecule has 1 amide bonds. The maximum atomic E-state index is 10.8. The third-order valence-corrected chi connectivity index (χ3v) is 2.71. The summed E-state index contributed by atoms with van der Waals surface area (Å²) in [7, 11) is 0. The molecular formula is C16H17NO2. The molecule has 0 heterocycles. The molecule has 0 aliphatic heterocycles. The van der Waals surface area contributed by atoms with Gasteiger partial charge in [0.2, 0.25) is 5.91 Å². The zero-order valence-electron chi connectivity index (χ0n) is 10.9. The molecule has 2 rings (SSSR count). The van der Waals surface area contributed by atoms with Gasteiger partial charge in [0.15, 0.2) is 0 Å². The second kappa shape index (κ2) is 6.59. The molecule has 3 nitrogen and oxygen atoms in total. The molecule has 0 radical (unpaired) electrons. The van der Waals surface area contributed by atoms with Crippen molar-refractivity contribution in [2.75, 3.05) is 0 Å². The minimum atomic E-state index is -0.0237. The Balaban J connectivity index is 1.86. The van der Waals surface area contributed by atoms with Gasteiger partial charge in [-0.1, -0.05) is 42.5 Å². The topological polar surface area (TPSA) is 38.3 Å². The molecule has 1 N–H and O–H groups in total. The summed E-state index contributed by atoms with van der Waals surface area (Å²) in [6.45, 7) is 2.62. The van der Waals surface area contributed by atoms with Crippen molar-refractivity contribution >= 4 is 5.91 Å². The van der Waals surface area contributed by atoms with Gasteiger partial charge in [-0.25, -0.2) is 0 Å². The van der Waals surface area contributed by atoms with Crippen LogP contribution >= 0.6 is 0 Å². The highest BCUT2D eigenvalue weighted by Gasteiger charge is 1.98. The molecule has 2 aromatic carbocycles. The van der Waals surface area contributed by atoms with E-state index in [4.69, 9.17) is 4.74 Å². The molecule has 0 aliphatic carbocycles. The Morgan fingerprint density at radius 2 is 1.68 bits per heavy atom. The first-order chi connectivity index (χ1) is 9.24. The van der Waals surface area contributed by atoms with Crippen LogP contribution in [-0.4, -0.2) is 5.91 Å². The van der Waals surface area contributed by atoms with Crippen molar-refractivity contribution in [3.8, 4) is 5.75 Å². The van der Waals surface area contributed by atoms with Crippen LogP contribution in [0.25, 0.3) is 0 Å². The van der Waals surface area contributed by atoms with Crippen molar-refractivity contribution in [3.05, 3.63) is 65.7 Å². The van der Waals surface area contributed by atoms with Crippen LogP contribution in [0.3, 0.4) is 0 Å². The van der Waals surface area contributed by atoms with Crippen LogP contribution in [0.5, 0.6) is 5.75 Å². The lowest BCUT2D eigenvalue weighted by molar-refractivity contribution is -0.119. The third-order valence-electron chi connectivity index (χ3n) is 2.71. The van der Waals surface area contributed by atoms with Crippen molar-refractivity contribution < 1.29 is 9.53 Å². The minimum Gasteiger partial charge on any atom is -0.489 e. The molecule has 0 fully saturated rings. The lowest BCUT2D eigenvalue weighted by Crippen LogP contribution is -2.18. The first-order valence-electron chi connectivity index (χ1n) is 6.24. The molecule has 0 bridgehead atoms. The molecule has 0 saturated carbocycles. The standard InChI is InChI=1S/C16H17NO2/c1-13(18)17-11-14-7-9-16(10-8-14)19-12-15-5-3-2-4-6-15/h2-10H,11-12H2,1H3,(H,17,18). The monoisotopic (exact) mass is 255 g/mol. The number of ether oxygens (including phenoxy) is 1. The van der Waals surface area contributed by atoms with Crippen molar-refractivity contribution in [3.63, 3.8) is 0 Å². The zero-order chi connectivity index (χ0) is 13.5. The Morgan fingerprint density at radius 1 is 1.00 bits per heavy atom. The second-order valence-corrected chi connectivity index (χ2v) is 4.33. The molecule has 0 aromatic heterocycles. The van der Waals surface area contributed by atoms with Gasteiger partial charge in [-0.3, -0.25) is 4.79 Å². The predicted octanol–water partition coefficient (Wildman–Crippen LogP) is 2.90. The summed E-state index contributed by atoms with van der Waals surface area (Å²) >= 11 is 0. The van der Waals surface area contributed by atoms with Crippen LogP contribution in [0.15, 0.2) is 54.6 Å². The van der Waals surface area contributed by atoms with E-state index in [1.807, 2.05) is 54.6 Å². The maximum absolute atomic E-state index is 10.8. The van der Waals surface area contributed by atoms with Gasteiger partial charge in [0.05, 0.1) is 0 Å². The van der Waals surface area contributed by atoms with Gasteiger partial charge in [-0.05, 0) is 23.3 Å². The fourth-order valence-corrected chi connectivity index (χ4v) is 1.67. The molecule has 0 aliphatic rings. The molecular weight excluding hydrogens is 238 g/mol. The number of rotatable bonds is 5. The zero-order valence-corrected chi connectivity index (χ0v) is 10.9. The van der Waals surface area contributed by atoms with Gasteiger partial charge in [0, 0.05) is 13.5 Å². The Bertz CT molecular complexity index is 520. The summed E-state index contributed by atoms with van der Waals surface area (Å²) in [6.07, 6.45) is 0. The van der Waals surface area contributed by atoms with Gasteiger partial charge in [0.25, 0.3) is 0 Å². The Morgan fingerprint density at radius 3 is 2.32 bits per heavy atom. The lowest BCUT2D eigenvalue weighted by Gasteiger charge is -2.07. The highest BCUT2D eigenvalue weighted by molar-refractivity contribution is 5.72. The lowest BCUT2D eigenvalue weighted by atomic mass is 10.2. The quantitative estimate of drug-likeness (QED) is 0.892. The Hall–Kier alpha value is -2.29. The normalized spacial score (nSPS) is 9.95. The highest BCUT2D eigenvalue weighted by Crippen LogP contribution is 2.14. The summed E-state index contributed by atoms with van der Waals surface area (Å²) in [6, 6.07) is 17.8. The van der Waals surface area contributed by atoms with Crippen molar-refractivity contribution in [1.29, 1.82) is 0 Å². The summed E-state index contributed by atoms with van der Waals surface area (Å²) in [5, 5.41) is 2.76. The molecule has 3 heteroatoms. The van der Waals surface area contributed by atoms with E-state index in [2.05, 4.69) is 5.32 Å². The summed E-state index contributed by atoms with van der Waals surface area (Å²) < 4.78 is 5.69. The third kappa shape index (κ3) is 4.47. The van der Waals surface area contributed by atoms with Crippen molar-refractivity contribution in [1.82, 2.24) is 5.32 Å². The van der Waals surface area contributed by atoms with Crippen LogP contribution in [0.4, 0.5) is 0 Å². The Labute approximate surface area is 113 Å². The number of amides is 1. The average molecular weight is 255 g/mol. The van der Waals surface area contributed by atoms with Crippen molar-refractivity contribution in [2.24, 2.45) is 0 Å². The Kier molecular flexibility index (Phi) is 4.56. The van der Waals surface area contributed by atoms with Crippen LogP contribution in [0, 0.1) is 0 Å². The number of nitrogens with one attached hydrogen (secondary N) is 1. The van der Waals surface area contributed by atoms with Gasteiger partial charge in [0.1, 0.15) is 12.4 Å². The summed E-state index contributed by atoms with van der Waals surface area (Å²) in [5.41, 5.74) is 2.20. The van der Waals surface area contributed by atoms with Crippen molar-refractivity contribution in [2.45, 2.75) is 20.1 Å². The fraction of sp³-hybridized carbons (Fsp3) is 0.188. The van der Waals surface area contributed by atoms with E-state index in [1.165, 1.54) is 6.92 Å². The fourth-order valence-electron chi connectivity index (χ4n) is 1.67. The average Bonchev–Trinajstić information content (AvgIpc) is 2.45. The van der Waals surface area contributed by atoms with E-state index in [1.54, 1.807) is 0 Å². The van der Waals surface area contributed by atoms with Crippen LogP contribution in [-0.2, 0) is 17.9 Å². The van der Waals surface area contributed by atoms with E-state index in [0.29, 0.717) is 13.2 Å². The largest absolute Gasteiger partial charge is 0.489 e. The van der Waals surface area contributed by atoms with Crippen LogP contribution < -0.4 is 10.1 Å². The van der Waals surface area contributed by atoms with Gasteiger partial charge in [-0.15, -0.1) is 0 Å². The van der Waals surface area contributed by atoms with Gasteiger partial charge < -0.3 is 10.1 Å². The van der Waals surface area contributed by atoms with Gasteiger partial charge in [-0.2, -0.15) is 0 Å². The minimum absolute atomic E-state index is 0.0237. The molecule has 0 spiro atoms. The number of carbonyl (C=O) groups excluding carboxylic acids is 1. The van der Waals surface area contributed by atoms with E-state index >= 15 is 0 Å². The molecule has 0 saturated heterocycles. The summed E-state index contributed by atoms with van der Waals surface area (Å²) in [5.74, 6) is 0.805. The molecule has 98 valence electrons. The summed E-state index contributed by atoms with van der Waals surface area (Å²) in [4.78, 5) is 10.8. The second-order valence-electron chi connectivity index (χ2n) is 4.33. The molecule has 2 aromatic rings. The number of hydrogen-bond donors (Lipinski definition) is 1. The van der Waals surface area contributed by atoms with E-state index in [-0.39, 0.29) is 5.91 Å².